The van der Waals surface area contributed by atoms with E-state index in [0.717, 1.165) is 16.5 Å². The van der Waals surface area contributed by atoms with E-state index < -0.39 is 6.29 Å². The number of pyridine rings is 1. The van der Waals surface area contributed by atoms with Gasteiger partial charge in [-0.25, -0.2) is 4.98 Å². The second-order valence-electron chi connectivity index (χ2n) is 5.92. The SMILES string of the molecule is Nc1cccc(-c2nncn2CCCOCc2ccc(Br)cc2C(O)O)n1. The van der Waals surface area contributed by atoms with Crippen LogP contribution in [0.2, 0.25) is 0 Å². The Hall–Kier alpha value is -2.33. The maximum absolute atomic E-state index is 9.46. The van der Waals surface area contributed by atoms with E-state index in [-0.39, 0.29) is 0 Å². The summed E-state index contributed by atoms with van der Waals surface area (Å²) in [7, 11) is 0. The molecule has 0 saturated heterocycles. The molecule has 0 fully saturated rings. The standard InChI is InChI=1S/C18H20BrN5O3/c19-13-6-5-12(14(9-13)18(25)26)10-27-8-2-7-24-11-21-23-17(24)15-3-1-4-16(20)22-15/h1,3-6,9,11,18,25-26H,2,7-8,10H2,(H2,20,22). The zero-order valence-corrected chi connectivity index (χ0v) is 16.1. The molecule has 0 aliphatic heterocycles. The van der Waals surface area contributed by atoms with Gasteiger partial charge in [0.15, 0.2) is 12.1 Å². The van der Waals surface area contributed by atoms with Crippen LogP contribution in [0.25, 0.3) is 11.5 Å². The molecular weight excluding hydrogens is 414 g/mol. The second kappa shape index (κ2) is 9.05. The lowest BCUT2D eigenvalue weighted by atomic mass is 10.1. The summed E-state index contributed by atoms with van der Waals surface area (Å²) in [4.78, 5) is 4.27. The van der Waals surface area contributed by atoms with E-state index >= 15 is 0 Å². The minimum absolute atomic E-state index is 0.298. The summed E-state index contributed by atoms with van der Waals surface area (Å²) in [6, 6.07) is 10.7. The van der Waals surface area contributed by atoms with Crippen LogP contribution >= 0.6 is 15.9 Å². The predicted molar refractivity (Wildman–Crippen MR) is 103 cm³/mol. The molecule has 0 aliphatic carbocycles. The van der Waals surface area contributed by atoms with Gasteiger partial charge in [-0.15, -0.1) is 10.2 Å². The number of hydrogen-bond acceptors (Lipinski definition) is 7. The second-order valence-corrected chi connectivity index (χ2v) is 6.83. The molecule has 0 saturated carbocycles. The van der Waals surface area contributed by atoms with Gasteiger partial charge in [-0.05, 0) is 36.2 Å². The first kappa shape index (κ1) is 19.4. The first-order chi connectivity index (χ1) is 13.0. The molecule has 3 aromatic rings. The molecule has 2 heterocycles. The number of benzene rings is 1. The quantitative estimate of drug-likeness (QED) is 0.368. The first-order valence-electron chi connectivity index (χ1n) is 8.37. The van der Waals surface area contributed by atoms with E-state index in [2.05, 4.69) is 31.1 Å². The molecule has 0 unspecified atom stereocenters. The minimum Gasteiger partial charge on any atom is -0.384 e. The Kier molecular flexibility index (Phi) is 6.51. The van der Waals surface area contributed by atoms with Crippen LogP contribution in [0.15, 0.2) is 47.2 Å². The van der Waals surface area contributed by atoms with Crippen molar-refractivity contribution >= 4 is 21.7 Å². The molecular formula is C18H20BrN5O3. The van der Waals surface area contributed by atoms with Crippen LogP contribution in [0.1, 0.15) is 23.8 Å². The smallest absolute Gasteiger partial charge is 0.182 e. The van der Waals surface area contributed by atoms with Crippen molar-refractivity contribution in [2.24, 2.45) is 0 Å². The Morgan fingerprint density at radius 2 is 2.07 bits per heavy atom. The van der Waals surface area contributed by atoms with Crippen molar-refractivity contribution in [3.8, 4) is 11.5 Å². The van der Waals surface area contributed by atoms with Crippen molar-refractivity contribution in [2.75, 3.05) is 12.3 Å². The highest BCUT2D eigenvalue weighted by Gasteiger charge is 2.11. The normalized spacial score (nSPS) is 11.3. The number of nitrogens with zero attached hydrogens (tertiary/aromatic N) is 4. The zero-order chi connectivity index (χ0) is 19.2. The molecule has 0 spiro atoms. The van der Waals surface area contributed by atoms with Gasteiger partial charge in [0.1, 0.15) is 17.8 Å². The maximum atomic E-state index is 9.46. The summed E-state index contributed by atoms with van der Waals surface area (Å²) in [5, 5.41) is 27.0. The number of anilines is 1. The van der Waals surface area contributed by atoms with E-state index in [1.165, 1.54) is 0 Å². The maximum Gasteiger partial charge on any atom is 0.182 e. The van der Waals surface area contributed by atoms with Crippen molar-refractivity contribution in [3.05, 3.63) is 58.3 Å². The minimum atomic E-state index is -1.54. The van der Waals surface area contributed by atoms with Crippen LogP contribution in [0.4, 0.5) is 5.82 Å². The number of ether oxygens (including phenoxy) is 1. The van der Waals surface area contributed by atoms with Gasteiger partial charge >= 0.3 is 0 Å². The van der Waals surface area contributed by atoms with Gasteiger partial charge in [0.2, 0.25) is 0 Å². The topological polar surface area (TPSA) is 119 Å². The Morgan fingerprint density at radius 1 is 1.22 bits per heavy atom. The highest BCUT2D eigenvalue weighted by molar-refractivity contribution is 9.10. The number of aromatic nitrogens is 4. The lowest BCUT2D eigenvalue weighted by Gasteiger charge is -2.12. The van der Waals surface area contributed by atoms with Gasteiger partial charge in [0.25, 0.3) is 0 Å². The lowest BCUT2D eigenvalue weighted by molar-refractivity contribution is -0.0443. The number of rotatable bonds is 8. The van der Waals surface area contributed by atoms with Crippen LogP contribution in [0.3, 0.4) is 0 Å². The summed E-state index contributed by atoms with van der Waals surface area (Å²) in [5.41, 5.74) is 7.56. The average molecular weight is 434 g/mol. The number of nitrogen functional groups attached to an aromatic ring is 1. The van der Waals surface area contributed by atoms with Crippen LogP contribution in [-0.2, 0) is 17.9 Å². The van der Waals surface area contributed by atoms with Crippen molar-refractivity contribution in [1.29, 1.82) is 0 Å². The van der Waals surface area contributed by atoms with Crippen LogP contribution in [-0.4, -0.2) is 36.6 Å². The molecule has 9 heteroatoms. The van der Waals surface area contributed by atoms with Crippen molar-refractivity contribution < 1.29 is 14.9 Å². The van der Waals surface area contributed by atoms with Gasteiger partial charge in [0, 0.05) is 23.2 Å². The van der Waals surface area contributed by atoms with Gasteiger partial charge in [0.05, 0.1) is 6.61 Å². The molecule has 27 heavy (non-hydrogen) atoms. The Bertz CT molecular complexity index is 900. The Morgan fingerprint density at radius 3 is 2.85 bits per heavy atom. The largest absolute Gasteiger partial charge is 0.384 e. The third-order valence-electron chi connectivity index (χ3n) is 3.95. The van der Waals surface area contributed by atoms with E-state index in [1.807, 2.05) is 28.8 Å². The van der Waals surface area contributed by atoms with Gasteiger partial charge in [-0.3, -0.25) is 0 Å². The van der Waals surface area contributed by atoms with Crippen molar-refractivity contribution in [2.45, 2.75) is 25.9 Å². The number of nitrogens with two attached hydrogens (primary N) is 1. The van der Waals surface area contributed by atoms with Crippen molar-refractivity contribution in [1.82, 2.24) is 19.7 Å². The van der Waals surface area contributed by atoms with E-state index in [0.29, 0.717) is 42.7 Å². The fraction of sp³-hybridized carbons (Fsp3) is 0.278. The molecule has 2 aromatic heterocycles. The number of halogens is 1. The molecule has 4 N–H and O–H groups in total. The molecule has 0 aliphatic rings. The molecule has 0 amide bonds. The van der Waals surface area contributed by atoms with E-state index in [4.69, 9.17) is 10.5 Å². The van der Waals surface area contributed by atoms with Crippen LogP contribution < -0.4 is 5.73 Å². The Balaban J connectivity index is 1.53. The molecule has 0 atom stereocenters. The molecule has 142 valence electrons. The first-order valence-corrected chi connectivity index (χ1v) is 9.17. The van der Waals surface area contributed by atoms with Gasteiger partial charge in [-0.2, -0.15) is 0 Å². The molecule has 0 bridgehead atoms. The van der Waals surface area contributed by atoms with Gasteiger partial charge < -0.3 is 25.3 Å². The predicted octanol–water partition coefficient (Wildman–Crippen LogP) is 2.27. The third-order valence-corrected chi connectivity index (χ3v) is 4.44. The summed E-state index contributed by atoms with van der Waals surface area (Å²) in [6.45, 7) is 1.46. The number of hydrogen-bond donors (Lipinski definition) is 3. The lowest BCUT2D eigenvalue weighted by Crippen LogP contribution is -2.07. The van der Waals surface area contributed by atoms with Gasteiger partial charge in [-0.1, -0.05) is 28.1 Å². The average Bonchev–Trinajstić information content (AvgIpc) is 3.11. The third kappa shape index (κ3) is 5.10. The summed E-state index contributed by atoms with van der Waals surface area (Å²) >= 11 is 3.32. The van der Waals surface area contributed by atoms with E-state index in [9.17, 15) is 10.2 Å². The monoisotopic (exact) mass is 433 g/mol. The van der Waals surface area contributed by atoms with Crippen LogP contribution in [0, 0.1) is 0 Å². The number of aliphatic hydroxyl groups is 2. The number of aliphatic hydroxyl groups excluding tert-OH is 1. The van der Waals surface area contributed by atoms with Crippen LogP contribution in [0.5, 0.6) is 0 Å². The Labute approximate surface area is 164 Å². The summed E-state index contributed by atoms with van der Waals surface area (Å²) in [6.07, 6.45) is 0.849. The highest BCUT2D eigenvalue weighted by Crippen LogP contribution is 2.22. The zero-order valence-electron chi connectivity index (χ0n) is 14.5. The highest BCUT2D eigenvalue weighted by atomic mass is 79.9. The summed E-state index contributed by atoms with van der Waals surface area (Å²) < 4.78 is 8.36. The molecule has 8 nitrogen and oxygen atoms in total. The van der Waals surface area contributed by atoms with E-state index in [1.54, 1.807) is 18.5 Å². The number of aryl methyl sites for hydroxylation is 1. The molecule has 0 radical (unpaired) electrons. The molecule has 1 aromatic carbocycles. The fourth-order valence-electron chi connectivity index (χ4n) is 2.65. The fourth-order valence-corrected chi connectivity index (χ4v) is 3.03. The molecule has 3 rings (SSSR count). The summed E-state index contributed by atoms with van der Waals surface area (Å²) in [5.74, 6) is 1.09. The van der Waals surface area contributed by atoms with Crippen molar-refractivity contribution in [3.63, 3.8) is 0 Å².